The van der Waals surface area contributed by atoms with Gasteiger partial charge in [-0.1, -0.05) is 32.6 Å². The van der Waals surface area contributed by atoms with E-state index in [0.717, 1.165) is 25.7 Å². The van der Waals surface area contributed by atoms with Crippen LogP contribution in [0.3, 0.4) is 0 Å². The molecule has 0 aromatic rings. The smallest absolute Gasteiger partial charge is 0.550 e. The summed E-state index contributed by atoms with van der Waals surface area (Å²) in [6.07, 6.45) is 4.67. The topological polar surface area (TPSA) is 110 Å². The number of esters is 2. The Morgan fingerprint density at radius 2 is 1.70 bits per heavy atom. The van der Waals surface area contributed by atoms with E-state index in [4.69, 9.17) is 5.73 Å². The number of carbonyl (C=O) groups is 3. The van der Waals surface area contributed by atoms with Crippen molar-refractivity contribution in [3.63, 3.8) is 0 Å². The second-order valence-electron chi connectivity index (χ2n) is 4.47. The van der Waals surface area contributed by atoms with E-state index in [1.165, 1.54) is 0 Å². The van der Waals surface area contributed by atoms with Gasteiger partial charge >= 0.3 is 41.5 Å². The van der Waals surface area contributed by atoms with Crippen molar-refractivity contribution in [1.82, 2.24) is 0 Å². The van der Waals surface area contributed by atoms with Crippen LogP contribution in [-0.4, -0.2) is 23.9 Å². The second kappa shape index (κ2) is 13.5. The molecule has 0 aliphatic carbocycles. The fourth-order valence-electron chi connectivity index (χ4n) is 1.50. The Kier molecular flexibility index (Phi) is 14.8. The standard InChI is InChI=1S/C13H23NO5.Na/c1-2-3-4-5-6-7-12(17)19-13(18)10(14)8-9-11(15)16;/h10H,2-9,14H2,1H3,(H,15,16);/q;+1/p-1/t10-;/m0./s1. The summed E-state index contributed by atoms with van der Waals surface area (Å²) in [5.74, 6) is -2.77. The molecular weight excluding hydrogens is 273 g/mol. The van der Waals surface area contributed by atoms with E-state index in [-0.39, 0.29) is 48.8 Å². The van der Waals surface area contributed by atoms with Crippen LogP contribution >= 0.6 is 0 Å². The Morgan fingerprint density at radius 3 is 2.25 bits per heavy atom. The third-order valence-corrected chi connectivity index (χ3v) is 2.66. The Morgan fingerprint density at radius 1 is 1.10 bits per heavy atom. The number of carbonyl (C=O) groups excluding carboxylic acids is 3. The van der Waals surface area contributed by atoms with E-state index in [0.29, 0.717) is 6.42 Å². The van der Waals surface area contributed by atoms with E-state index < -0.39 is 23.9 Å². The minimum absolute atomic E-state index is 0. The fraction of sp³-hybridized carbons (Fsp3) is 0.769. The molecule has 2 N–H and O–H groups in total. The van der Waals surface area contributed by atoms with Gasteiger partial charge in [-0.05, 0) is 19.3 Å². The van der Waals surface area contributed by atoms with Crippen LogP contribution in [0.25, 0.3) is 0 Å². The molecule has 0 aromatic carbocycles. The van der Waals surface area contributed by atoms with Crippen molar-refractivity contribution in [3.05, 3.63) is 0 Å². The maximum Gasteiger partial charge on any atom is 1.00 e. The van der Waals surface area contributed by atoms with Crippen molar-refractivity contribution in [2.75, 3.05) is 0 Å². The number of ether oxygens (including phenoxy) is 1. The summed E-state index contributed by atoms with van der Waals surface area (Å²) in [4.78, 5) is 32.8. The molecule has 6 nitrogen and oxygen atoms in total. The molecule has 0 heterocycles. The van der Waals surface area contributed by atoms with Gasteiger partial charge < -0.3 is 20.4 Å². The van der Waals surface area contributed by atoms with Gasteiger partial charge in [0.2, 0.25) is 0 Å². The molecule has 0 bridgehead atoms. The summed E-state index contributed by atoms with van der Waals surface area (Å²) in [7, 11) is 0. The largest absolute Gasteiger partial charge is 1.00 e. The molecule has 0 spiro atoms. The minimum atomic E-state index is -1.29. The molecule has 0 amide bonds. The summed E-state index contributed by atoms with van der Waals surface area (Å²) < 4.78 is 4.53. The third kappa shape index (κ3) is 12.6. The first-order valence-corrected chi connectivity index (χ1v) is 6.67. The number of hydrogen-bond donors (Lipinski definition) is 1. The maximum atomic E-state index is 11.3. The molecule has 0 unspecified atom stereocenters. The normalized spacial score (nSPS) is 11.3. The number of unbranched alkanes of at least 4 members (excludes halogenated alkanes) is 4. The van der Waals surface area contributed by atoms with Gasteiger partial charge in [-0.15, -0.1) is 0 Å². The van der Waals surface area contributed by atoms with E-state index in [2.05, 4.69) is 11.7 Å². The number of hydrogen-bond acceptors (Lipinski definition) is 6. The van der Waals surface area contributed by atoms with Crippen LogP contribution in [0.4, 0.5) is 0 Å². The second-order valence-corrected chi connectivity index (χ2v) is 4.47. The van der Waals surface area contributed by atoms with Gasteiger partial charge in [-0.25, -0.2) is 4.79 Å². The predicted molar refractivity (Wildman–Crippen MR) is 66.7 cm³/mol. The van der Waals surface area contributed by atoms with Crippen LogP contribution in [0.5, 0.6) is 0 Å². The van der Waals surface area contributed by atoms with Gasteiger partial charge in [0, 0.05) is 12.4 Å². The molecule has 0 aliphatic rings. The van der Waals surface area contributed by atoms with Crippen molar-refractivity contribution in [2.45, 2.75) is 64.3 Å². The summed E-state index contributed by atoms with van der Waals surface area (Å²) in [6, 6.07) is -1.10. The molecule has 0 radical (unpaired) electrons. The van der Waals surface area contributed by atoms with Crippen molar-refractivity contribution in [2.24, 2.45) is 5.73 Å². The van der Waals surface area contributed by atoms with Crippen molar-refractivity contribution in [3.8, 4) is 0 Å². The molecule has 20 heavy (non-hydrogen) atoms. The fourth-order valence-corrected chi connectivity index (χ4v) is 1.50. The van der Waals surface area contributed by atoms with Crippen LogP contribution < -0.4 is 40.4 Å². The molecule has 0 aromatic heterocycles. The van der Waals surface area contributed by atoms with Gasteiger partial charge in [-0.2, -0.15) is 0 Å². The first-order chi connectivity index (χ1) is 8.97. The zero-order valence-corrected chi connectivity index (χ0v) is 14.4. The van der Waals surface area contributed by atoms with Crippen molar-refractivity contribution in [1.29, 1.82) is 0 Å². The predicted octanol–water partition coefficient (Wildman–Crippen LogP) is -2.72. The van der Waals surface area contributed by atoms with Gasteiger partial charge in [0.05, 0.1) is 0 Å². The number of aliphatic carboxylic acids is 1. The van der Waals surface area contributed by atoms with E-state index >= 15 is 0 Å². The van der Waals surface area contributed by atoms with Crippen LogP contribution in [0.15, 0.2) is 0 Å². The summed E-state index contributed by atoms with van der Waals surface area (Å²) in [5, 5.41) is 10.2. The van der Waals surface area contributed by atoms with Gasteiger partial charge in [0.25, 0.3) is 0 Å². The monoisotopic (exact) mass is 295 g/mol. The van der Waals surface area contributed by atoms with Crippen molar-refractivity contribution >= 4 is 17.9 Å². The Bertz CT molecular complexity index is 309. The van der Waals surface area contributed by atoms with Crippen LogP contribution in [-0.2, 0) is 19.1 Å². The summed E-state index contributed by atoms with van der Waals surface area (Å²) >= 11 is 0. The van der Waals surface area contributed by atoms with E-state index in [1.807, 2.05) is 0 Å². The van der Waals surface area contributed by atoms with Crippen molar-refractivity contribution < 1.29 is 53.8 Å². The van der Waals surface area contributed by atoms with E-state index in [1.54, 1.807) is 0 Å². The first-order valence-electron chi connectivity index (χ1n) is 6.67. The summed E-state index contributed by atoms with van der Waals surface area (Å²) in [5.41, 5.74) is 5.39. The molecule has 110 valence electrons. The molecule has 0 saturated heterocycles. The average molecular weight is 295 g/mol. The molecule has 0 saturated carbocycles. The molecule has 0 rings (SSSR count). The van der Waals surface area contributed by atoms with E-state index in [9.17, 15) is 19.5 Å². The average Bonchev–Trinajstić information content (AvgIpc) is 2.35. The summed E-state index contributed by atoms with van der Waals surface area (Å²) in [6.45, 7) is 2.10. The molecule has 1 atom stereocenters. The van der Waals surface area contributed by atoms with Crippen LogP contribution in [0.2, 0.25) is 0 Å². The van der Waals surface area contributed by atoms with Gasteiger partial charge in [0.15, 0.2) is 0 Å². The number of carboxylic acids is 1. The SMILES string of the molecule is CCCCCCCC(=O)OC(=O)[C@@H](N)CCC(=O)[O-].[Na+]. The number of nitrogens with two attached hydrogens (primary N) is 1. The van der Waals surface area contributed by atoms with Crippen LogP contribution in [0.1, 0.15) is 58.3 Å². The molecule has 0 aliphatic heterocycles. The number of rotatable bonds is 10. The molecule has 7 heteroatoms. The maximum absolute atomic E-state index is 11.3. The third-order valence-electron chi connectivity index (χ3n) is 2.66. The Labute approximate surface area is 141 Å². The number of carboxylic acid groups (broad SMARTS) is 1. The molecule has 0 fully saturated rings. The Hall–Kier alpha value is -0.430. The first kappa shape index (κ1) is 21.9. The van der Waals surface area contributed by atoms with Gasteiger partial charge in [0.1, 0.15) is 6.04 Å². The Balaban J connectivity index is 0. The van der Waals surface area contributed by atoms with Crippen LogP contribution in [0, 0.1) is 0 Å². The zero-order chi connectivity index (χ0) is 14.7. The molecular formula is C13H22NNaO5. The quantitative estimate of drug-likeness (QED) is 0.203. The van der Waals surface area contributed by atoms with Gasteiger partial charge in [-0.3, -0.25) is 4.79 Å². The minimum Gasteiger partial charge on any atom is -0.550 e. The zero-order valence-electron chi connectivity index (χ0n) is 12.4.